The summed E-state index contributed by atoms with van der Waals surface area (Å²) in [6.07, 6.45) is -5.06. The number of carbonyl (C=O) groups is 2. The van der Waals surface area contributed by atoms with Gasteiger partial charge < -0.3 is 0 Å². The van der Waals surface area contributed by atoms with Crippen molar-refractivity contribution >= 4 is 68.1 Å². The van der Waals surface area contributed by atoms with Crippen LogP contribution >= 0.6 is 23.2 Å². The first-order chi connectivity index (χ1) is 17.9. The quantitative estimate of drug-likeness (QED) is 0.232. The third-order valence-corrected chi connectivity index (χ3v) is 7.21. The molecule has 2 aromatic heterocycles. The van der Waals surface area contributed by atoms with Gasteiger partial charge in [-0.1, -0.05) is 23.2 Å². The molecule has 0 aliphatic carbocycles. The van der Waals surface area contributed by atoms with Gasteiger partial charge in [-0.25, -0.2) is 0 Å². The number of anilines is 2. The van der Waals surface area contributed by atoms with Crippen LogP contribution < -0.4 is 19.4 Å². The van der Waals surface area contributed by atoms with Crippen molar-refractivity contribution in [3.63, 3.8) is 0 Å². The molecule has 3 aromatic rings. The first kappa shape index (κ1) is 28.0. The zero-order valence-corrected chi connectivity index (χ0v) is 23.4. The van der Waals surface area contributed by atoms with Crippen LogP contribution in [-0.2, 0) is 0 Å². The number of hydrogen-bond acceptors (Lipinski definition) is 7. The molecule has 1 fully saturated rings. The third-order valence-electron chi connectivity index (χ3n) is 5.74. The molecule has 200 valence electrons. The predicted octanol–water partition coefficient (Wildman–Crippen LogP) is 4.59. The van der Waals surface area contributed by atoms with Gasteiger partial charge in [0.15, 0.2) is 0 Å². The maximum absolute atomic E-state index is 12.8. The van der Waals surface area contributed by atoms with Crippen molar-refractivity contribution in [2.24, 2.45) is 0 Å². The van der Waals surface area contributed by atoms with Crippen LogP contribution in [0.1, 0.15) is 23.2 Å². The number of hydrogen-bond donors (Lipinski definition) is 2. The van der Waals surface area contributed by atoms with E-state index in [-0.39, 0.29) is 16.3 Å². The van der Waals surface area contributed by atoms with Crippen LogP contribution in [0.4, 0.5) is 29.6 Å². The summed E-state index contributed by atoms with van der Waals surface area (Å²) in [7, 11) is 0. The van der Waals surface area contributed by atoms with Crippen molar-refractivity contribution < 1.29 is 32.6 Å². The van der Waals surface area contributed by atoms with Crippen LogP contribution in [0.15, 0.2) is 42.5 Å². The summed E-state index contributed by atoms with van der Waals surface area (Å²) in [4.78, 5) is 33.6. The fourth-order valence-electron chi connectivity index (χ4n) is 4.08. The monoisotopic (exact) mass is 630 g/mol. The van der Waals surface area contributed by atoms with Gasteiger partial charge in [0.2, 0.25) is 0 Å². The number of alkyl halides is 3. The van der Waals surface area contributed by atoms with Crippen LogP contribution in [-0.4, -0.2) is 69.2 Å². The topological polar surface area (TPSA) is 105 Å². The molecule has 1 aliphatic heterocycles. The number of halogens is 5. The second-order valence-corrected chi connectivity index (χ2v) is 10.4. The predicted molar refractivity (Wildman–Crippen MR) is 140 cm³/mol. The molecule has 1 saturated heterocycles. The van der Waals surface area contributed by atoms with E-state index in [2.05, 4.69) is 15.3 Å². The van der Waals surface area contributed by atoms with Gasteiger partial charge in [0, 0.05) is 5.02 Å². The molecule has 0 radical (unpaired) electrons. The molecule has 2 N–H and O–H groups in total. The Hall–Kier alpha value is -3.01. The van der Waals surface area contributed by atoms with Gasteiger partial charge in [-0.3, -0.25) is 0 Å². The Kier molecular flexibility index (Phi) is 8.39. The molecule has 2 unspecified atom stereocenters. The fraction of sp³-hybridized carbons (Fsp3) is 0.250. The summed E-state index contributed by atoms with van der Waals surface area (Å²) in [6.45, 7) is 0.920. The Morgan fingerprint density at radius 3 is 2.55 bits per heavy atom. The van der Waals surface area contributed by atoms with Gasteiger partial charge >= 0.3 is 194 Å². The van der Waals surface area contributed by atoms with E-state index in [0.29, 0.717) is 58.9 Å². The van der Waals surface area contributed by atoms with Crippen molar-refractivity contribution in [3.05, 3.63) is 58.1 Å². The third kappa shape index (κ3) is 6.51. The van der Waals surface area contributed by atoms with E-state index in [1.807, 2.05) is 4.90 Å². The van der Waals surface area contributed by atoms with Crippen molar-refractivity contribution in [2.45, 2.75) is 25.1 Å². The molecule has 8 nitrogen and oxygen atoms in total. The molecule has 14 heteroatoms. The second-order valence-electron chi connectivity index (χ2n) is 8.40. The molecule has 3 heterocycles. The van der Waals surface area contributed by atoms with Gasteiger partial charge in [0.25, 0.3) is 0 Å². The SMILES string of the molecule is O=C(O)Oc1ccc(-c2ccc(Cl)cc2Cl)nc1N1CCCC(Nc2ccc(C(=O)C(F)(F)F)c([AsH2])n2)C1. The van der Waals surface area contributed by atoms with E-state index in [9.17, 15) is 27.9 Å². The van der Waals surface area contributed by atoms with Crippen LogP contribution in [0.5, 0.6) is 5.75 Å². The van der Waals surface area contributed by atoms with Gasteiger partial charge in [-0.05, 0) is 12.1 Å². The number of pyridine rings is 2. The van der Waals surface area contributed by atoms with Gasteiger partial charge in [-0.15, -0.1) is 0 Å². The van der Waals surface area contributed by atoms with Gasteiger partial charge in [0.05, 0.1) is 0 Å². The molecule has 38 heavy (non-hydrogen) atoms. The van der Waals surface area contributed by atoms with Gasteiger partial charge in [0.1, 0.15) is 0 Å². The van der Waals surface area contributed by atoms with Crippen LogP contribution in [0.25, 0.3) is 11.3 Å². The van der Waals surface area contributed by atoms with Crippen LogP contribution in [0.3, 0.4) is 0 Å². The normalized spacial score (nSPS) is 15.7. The zero-order valence-electron chi connectivity index (χ0n) is 19.4. The Morgan fingerprint density at radius 1 is 1.13 bits per heavy atom. The van der Waals surface area contributed by atoms with Crippen LogP contribution in [0, 0.1) is 0 Å². The van der Waals surface area contributed by atoms with E-state index in [1.54, 1.807) is 24.3 Å². The van der Waals surface area contributed by atoms with Crippen molar-refractivity contribution in [2.75, 3.05) is 23.3 Å². The molecular weight excluding hydrogens is 611 g/mol. The average molecular weight is 631 g/mol. The van der Waals surface area contributed by atoms with E-state index in [4.69, 9.17) is 27.9 Å². The number of piperidine rings is 1. The summed E-state index contributed by atoms with van der Waals surface area (Å²) < 4.78 is 43.5. The number of carbonyl (C=O) groups excluding carboxylic acids is 1. The molecular formula is C24H20AsCl2F3N4O4. The number of Topliss-reactive ketones (excluding diaryl/α,β-unsaturated/α-hetero) is 1. The summed E-state index contributed by atoms with van der Waals surface area (Å²) in [5.41, 5.74) is 0.602. The summed E-state index contributed by atoms with van der Waals surface area (Å²) in [5, 5.41) is 13.2. The molecule has 2 atom stereocenters. The van der Waals surface area contributed by atoms with Crippen molar-refractivity contribution in [1.82, 2.24) is 9.97 Å². The number of nitrogens with zero attached hydrogens (tertiary/aromatic N) is 3. The summed E-state index contributed by atoms with van der Waals surface area (Å²) >= 11 is 13.1. The van der Waals surface area contributed by atoms with Crippen molar-refractivity contribution in [1.29, 1.82) is 0 Å². The average Bonchev–Trinajstić information content (AvgIpc) is 2.83. The summed E-state index contributed by atoms with van der Waals surface area (Å²) in [6, 6.07) is 10.3. The van der Waals surface area contributed by atoms with E-state index in [0.717, 1.165) is 22.9 Å². The zero-order chi connectivity index (χ0) is 27.6. The number of benzene rings is 1. The molecule has 1 aliphatic rings. The fourth-order valence-corrected chi connectivity index (χ4v) is 5.35. The molecule has 0 bridgehead atoms. The Labute approximate surface area is 233 Å². The number of ketones is 1. The number of ether oxygens (including phenoxy) is 1. The van der Waals surface area contributed by atoms with Crippen molar-refractivity contribution in [3.8, 4) is 17.0 Å². The number of aromatic nitrogens is 2. The number of nitrogens with one attached hydrogen (secondary N) is 1. The van der Waals surface area contributed by atoms with Crippen LogP contribution in [0.2, 0.25) is 10.0 Å². The Morgan fingerprint density at radius 2 is 1.89 bits per heavy atom. The Balaban J connectivity index is 1.58. The van der Waals surface area contributed by atoms with Gasteiger partial charge in [-0.2, -0.15) is 0 Å². The van der Waals surface area contributed by atoms with E-state index < -0.39 is 23.7 Å². The number of carboxylic acid groups (broad SMARTS) is 1. The summed E-state index contributed by atoms with van der Waals surface area (Å²) in [5.74, 6) is -1.27. The van der Waals surface area contributed by atoms with E-state index >= 15 is 0 Å². The molecule has 0 amide bonds. The minimum atomic E-state index is -4.98. The first-order valence-corrected chi connectivity index (χ1v) is 13.2. The molecule has 0 saturated carbocycles. The molecule has 0 spiro atoms. The Bertz CT molecular complexity index is 1390. The molecule has 4 rings (SSSR count). The van der Waals surface area contributed by atoms with E-state index in [1.165, 1.54) is 12.1 Å². The first-order valence-electron chi connectivity index (χ1n) is 11.2. The minimum absolute atomic E-state index is 0.0175. The number of rotatable bonds is 6. The second kappa shape index (κ2) is 11.4. The molecule has 1 aromatic carbocycles. The standard InChI is InChI=1S/C24H20AsCl2F3N4O4/c25-21-15(20(35)24(28,29)30)5-8-19(33-21)31-13-2-1-9-34(11-13)22-18(38-23(36)37)7-6-17(32-22)14-4-3-12(26)10-16(14)27/h3-8,10,13H,1-2,9,11,25H2,(H,31,33)(H,36,37). The maximum atomic E-state index is 12.8.